The fourth-order valence-corrected chi connectivity index (χ4v) is 2.93. The molecule has 1 aromatic rings. The van der Waals surface area contributed by atoms with Crippen LogP contribution in [0.4, 0.5) is 0 Å². The molecule has 0 fully saturated rings. The smallest absolute Gasteiger partial charge is 0.240 e. The average Bonchev–Trinajstić information content (AvgIpc) is 2.45. The molecule has 0 heterocycles. The van der Waals surface area contributed by atoms with E-state index < -0.39 is 10.0 Å². The first kappa shape index (κ1) is 16.7. The lowest BCUT2D eigenvalue weighted by molar-refractivity contribution is 0.350. The number of nitrogens with one attached hydrogen (secondary N) is 1. The van der Waals surface area contributed by atoms with Crippen LogP contribution < -0.4 is 19.9 Å². The van der Waals surface area contributed by atoms with Crippen molar-refractivity contribution in [3.63, 3.8) is 0 Å². The second kappa shape index (κ2) is 7.47. The molecule has 0 unspecified atom stereocenters. The first-order valence-corrected chi connectivity index (χ1v) is 7.93. The van der Waals surface area contributed by atoms with Gasteiger partial charge in [-0.1, -0.05) is 13.3 Å². The lowest BCUT2D eigenvalue weighted by Gasteiger charge is -2.14. The minimum atomic E-state index is -3.56. The molecular formula is C13H22N2O4S. The number of hydrogen-bond acceptors (Lipinski definition) is 5. The summed E-state index contributed by atoms with van der Waals surface area (Å²) in [6.45, 7) is 2.57. The van der Waals surface area contributed by atoms with Crippen molar-refractivity contribution >= 4 is 10.0 Å². The molecule has 0 radical (unpaired) electrons. The van der Waals surface area contributed by atoms with Gasteiger partial charge in [0.1, 0.15) is 0 Å². The van der Waals surface area contributed by atoms with Gasteiger partial charge in [-0.3, -0.25) is 0 Å². The lowest BCUT2D eigenvalue weighted by Crippen LogP contribution is -2.25. The van der Waals surface area contributed by atoms with Gasteiger partial charge in [0.25, 0.3) is 0 Å². The first-order chi connectivity index (χ1) is 9.50. The molecule has 7 heteroatoms. The maximum absolute atomic E-state index is 12.2. The maximum atomic E-state index is 12.2. The van der Waals surface area contributed by atoms with Crippen LogP contribution in [0.5, 0.6) is 11.5 Å². The third-order valence-corrected chi connectivity index (χ3v) is 4.32. The molecular weight excluding hydrogens is 280 g/mol. The van der Waals surface area contributed by atoms with E-state index >= 15 is 0 Å². The molecule has 0 atom stereocenters. The van der Waals surface area contributed by atoms with Crippen molar-refractivity contribution < 1.29 is 17.9 Å². The quantitative estimate of drug-likeness (QED) is 0.705. The molecule has 0 aromatic heterocycles. The van der Waals surface area contributed by atoms with Crippen LogP contribution in [-0.4, -0.2) is 29.2 Å². The summed E-state index contributed by atoms with van der Waals surface area (Å²) in [4.78, 5) is 0.131. The van der Waals surface area contributed by atoms with Crippen LogP contribution in [-0.2, 0) is 16.6 Å². The van der Waals surface area contributed by atoms with Gasteiger partial charge in [-0.15, -0.1) is 0 Å². The highest BCUT2D eigenvalue weighted by Crippen LogP contribution is 2.33. The van der Waals surface area contributed by atoms with E-state index in [4.69, 9.17) is 15.2 Å². The van der Waals surface area contributed by atoms with Crippen LogP contribution in [0.25, 0.3) is 0 Å². The topological polar surface area (TPSA) is 90.7 Å². The number of benzene rings is 1. The minimum absolute atomic E-state index is 0.131. The third kappa shape index (κ3) is 3.84. The predicted molar refractivity (Wildman–Crippen MR) is 77.5 cm³/mol. The summed E-state index contributed by atoms with van der Waals surface area (Å²) in [5, 5.41) is 0. The van der Waals surface area contributed by atoms with Crippen molar-refractivity contribution in [2.75, 3.05) is 20.8 Å². The fourth-order valence-electron chi connectivity index (χ4n) is 1.79. The third-order valence-electron chi connectivity index (χ3n) is 2.88. The summed E-state index contributed by atoms with van der Waals surface area (Å²) < 4.78 is 37.3. The zero-order valence-electron chi connectivity index (χ0n) is 12.1. The van der Waals surface area contributed by atoms with E-state index in [2.05, 4.69) is 4.72 Å². The van der Waals surface area contributed by atoms with Crippen LogP contribution in [0.2, 0.25) is 0 Å². The van der Waals surface area contributed by atoms with Crippen molar-refractivity contribution in [2.24, 2.45) is 5.73 Å². The summed E-state index contributed by atoms with van der Waals surface area (Å²) in [5.41, 5.74) is 6.22. The number of sulfonamides is 1. The van der Waals surface area contributed by atoms with Gasteiger partial charge >= 0.3 is 0 Å². The maximum Gasteiger partial charge on any atom is 0.240 e. The Kier molecular flexibility index (Phi) is 6.25. The van der Waals surface area contributed by atoms with Gasteiger partial charge in [0, 0.05) is 24.7 Å². The largest absolute Gasteiger partial charge is 0.493 e. The van der Waals surface area contributed by atoms with Crippen molar-refractivity contribution in [3.8, 4) is 11.5 Å². The second-order valence-electron chi connectivity index (χ2n) is 4.27. The number of ether oxygens (including phenoxy) is 2. The van der Waals surface area contributed by atoms with Gasteiger partial charge in [-0.05, 0) is 12.5 Å². The Balaban J connectivity index is 3.18. The predicted octanol–water partition coefficient (Wildman–Crippen LogP) is 1.24. The average molecular weight is 302 g/mol. The Morgan fingerprint density at radius 1 is 1.25 bits per heavy atom. The molecule has 20 heavy (non-hydrogen) atoms. The molecule has 1 rings (SSSR count). The summed E-state index contributed by atoms with van der Waals surface area (Å²) in [6, 6.07) is 2.95. The Morgan fingerprint density at radius 2 is 1.95 bits per heavy atom. The monoisotopic (exact) mass is 302 g/mol. The summed E-state index contributed by atoms with van der Waals surface area (Å²) in [5.74, 6) is 0.814. The molecule has 114 valence electrons. The molecule has 0 aliphatic rings. The van der Waals surface area contributed by atoms with E-state index in [0.717, 1.165) is 12.8 Å². The lowest BCUT2D eigenvalue weighted by atomic mass is 10.2. The van der Waals surface area contributed by atoms with Crippen LogP contribution in [0.1, 0.15) is 25.3 Å². The number of unbranched alkanes of at least 4 members (excludes halogenated alkanes) is 1. The van der Waals surface area contributed by atoms with Crippen LogP contribution in [0, 0.1) is 0 Å². The molecule has 0 bridgehead atoms. The highest BCUT2D eigenvalue weighted by atomic mass is 32.2. The highest BCUT2D eigenvalue weighted by molar-refractivity contribution is 7.89. The second-order valence-corrected chi connectivity index (χ2v) is 6.04. The van der Waals surface area contributed by atoms with E-state index in [0.29, 0.717) is 23.6 Å². The van der Waals surface area contributed by atoms with E-state index in [1.807, 2.05) is 6.92 Å². The number of nitrogens with two attached hydrogens (primary N) is 1. The van der Waals surface area contributed by atoms with Crippen molar-refractivity contribution in [2.45, 2.75) is 31.2 Å². The van der Waals surface area contributed by atoms with Crippen LogP contribution in [0.3, 0.4) is 0 Å². The zero-order chi connectivity index (χ0) is 15.2. The van der Waals surface area contributed by atoms with Crippen molar-refractivity contribution in [1.29, 1.82) is 0 Å². The van der Waals surface area contributed by atoms with Gasteiger partial charge in [0.15, 0.2) is 11.5 Å². The Bertz CT molecular complexity index is 518. The number of hydrogen-bond donors (Lipinski definition) is 2. The minimum Gasteiger partial charge on any atom is -0.493 e. The molecule has 0 aliphatic heterocycles. The fraction of sp³-hybridized carbons (Fsp3) is 0.538. The molecule has 0 saturated carbocycles. The Morgan fingerprint density at radius 3 is 2.45 bits per heavy atom. The molecule has 1 aromatic carbocycles. The summed E-state index contributed by atoms with van der Waals surface area (Å²) in [6.07, 6.45) is 1.71. The van der Waals surface area contributed by atoms with E-state index in [1.54, 1.807) is 0 Å². The first-order valence-electron chi connectivity index (χ1n) is 6.44. The molecule has 0 saturated heterocycles. The molecule has 0 spiro atoms. The normalized spacial score (nSPS) is 11.4. The Labute approximate surface area is 120 Å². The Hall–Kier alpha value is -1.31. The molecule has 0 amide bonds. The standard InChI is InChI=1S/C13H22N2O4S/c1-4-5-6-15-20(16,17)11-7-10(9-14)13(19-3)12(8-11)18-2/h7-8,15H,4-6,9,14H2,1-3H3. The van der Waals surface area contributed by atoms with Crippen LogP contribution in [0.15, 0.2) is 17.0 Å². The van der Waals surface area contributed by atoms with Gasteiger partial charge in [-0.2, -0.15) is 0 Å². The zero-order valence-corrected chi connectivity index (χ0v) is 12.9. The van der Waals surface area contributed by atoms with E-state index in [-0.39, 0.29) is 11.4 Å². The van der Waals surface area contributed by atoms with E-state index in [9.17, 15) is 8.42 Å². The summed E-state index contributed by atoms with van der Waals surface area (Å²) in [7, 11) is -0.616. The number of methoxy groups -OCH3 is 2. The summed E-state index contributed by atoms with van der Waals surface area (Å²) >= 11 is 0. The van der Waals surface area contributed by atoms with Gasteiger partial charge in [0.2, 0.25) is 10.0 Å². The van der Waals surface area contributed by atoms with Crippen molar-refractivity contribution in [3.05, 3.63) is 17.7 Å². The van der Waals surface area contributed by atoms with E-state index in [1.165, 1.54) is 26.4 Å². The SMILES string of the molecule is CCCCNS(=O)(=O)c1cc(CN)c(OC)c(OC)c1. The highest BCUT2D eigenvalue weighted by Gasteiger charge is 2.19. The molecule has 3 N–H and O–H groups in total. The van der Waals surface area contributed by atoms with Gasteiger partial charge < -0.3 is 15.2 Å². The molecule has 6 nitrogen and oxygen atoms in total. The van der Waals surface area contributed by atoms with Gasteiger partial charge in [-0.25, -0.2) is 13.1 Å². The van der Waals surface area contributed by atoms with Gasteiger partial charge in [0.05, 0.1) is 19.1 Å². The van der Waals surface area contributed by atoms with Crippen LogP contribution >= 0.6 is 0 Å². The number of rotatable bonds is 8. The molecule has 0 aliphatic carbocycles. The van der Waals surface area contributed by atoms with Crippen molar-refractivity contribution in [1.82, 2.24) is 4.72 Å².